The highest BCUT2D eigenvalue weighted by molar-refractivity contribution is 6.42. The third-order valence-electron chi connectivity index (χ3n) is 4.68. The first-order valence-electron chi connectivity index (χ1n) is 10.0. The van der Waals surface area contributed by atoms with Crippen LogP contribution < -0.4 is 20.1 Å². The van der Waals surface area contributed by atoms with Crippen molar-refractivity contribution in [1.82, 2.24) is 10.2 Å². The Balaban J connectivity index is 0.00000544. The highest BCUT2D eigenvalue weighted by Crippen LogP contribution is 2.31. The van der Waals surface area contributed by atoms with Crippen molar-refractivity contribution in [3.63, 3.8) is 0 Å². The van der Waals surface area contributed by atoms with Gasteiger partial charge in [0.1, 0.15) is 11.5 Å². The van der Waals surface area contributed by atoms with Gasteiger partial charge in [0.2, 0.25) is 0 Å². The fraction of sp³-hybridized carbons (Fsp3) is 0.364. The first-order chi connectivity index (χ1) is 15.3. The molecule has 0 aromatic heterocycles. The van der Waals surface area contributed by atoms with Crippen LogP contribution in [0.5, 0.6) is 11.5 Å². The molecule has 2 N–H and O–H groups in total. The van der Waals surface area contributed by atoms with Gasteiger partial charge in [0.05, 0.1) is 33.4 Å². The zero-order valence-corrected chi connectivity index (χ0v) is 21.6. The summed E-state index contributed by atoms with van der Waals surface area (Å²) in [7, 11) is 1.44. The summed E-state index contributed by atoms with van der Waals surface area (Å²) >= 11 is 18.1. The van der Waals surface area contributed by atoms with Gasteiger partial charge >= 0.3 is 0 Å². The van der Waals surface area contributed by atoms with Crippen molar-refractivity contribution in [2.45, 2.75) is 13.8 Å². The molecule has 0 bridgehead atoms. The fourth-order valence-electron chi connectivity index (χ4n) is 2.86. The van der Waals surface area contributed by atoms with Gasteiger partial charge in [-0.3, -0.25) is 9.59 Å². The van der Waals surface area contributed by atoms with E-state index in [4.69, 9.17) is 44.3 Å². The Hall–Kier alpha value is -1.90. The molecular weight excluding hydrogens is 512 g/mol. The van der Waals surface area contributed by atoms with Crippen LogP contribution >= 0.6 is 47.2 Å². The van der Waals surface area contributed by atoms with Crippen LogP contribution in [0.15, 0.2) is 30.3 Å². The zero-order valence-electron chi connectivity index (χ0n) is 18.5. The van der Waals surface area contributed by atoms with Gasteiger partial charge in [-0.15, -0.1) is 12.4 Å². The van der Waals surface area contributed by atoms with Crippen molar-refractivity contribution in [3.8, 4) is 11.5 Å². The molecule has 182 valence electrons. The number of hydrogen-bond acceptors (Lipinski definition) is 5. The van der Waals surface area contributed by atoms with E-state index in [0.717, 1.165) is 19.6 Å². The molecule has 0 atom stereocenters. The molecule has 0 fully saturated rings. The SMILES string of the molecule is CCN(CC)CCNC(=O)c1cc(Cl)c(NC(=O)COc2ccc(Cl)c(Cl)c2)cc1OC.Cl. The minimum atomic E-state index is -0.448. The summed E-state index contributed by atoms with van der Waals surface area (Å²) in [6.07, 6.45) is 0. The van der Waals surface area contributed by atoms with Gasteiger partial charge in [-0.1, -0.05) is 48.7 Å². The fourth-order valence-corrected chi connectivity index (χ4v) is 3.36. The van der Waals surface area contributed by atoms with E-state index >= 15 is 0 Å². The Morgan fingerprint density at radius 3 is 2.30 bits per heavy atom. The number of rotatable bonds is 11. The molecule has 2 rings (SSSR count). The van der Waals surface area contributed by atoms with E-state index in [1.165, 1.54) is 25.3 Å². The van der Waals surface area contributed by atoms with Crippen LogP contribution in [0.25, 0.3) is 0 Å². The molecule has 0 saturated heterocycles. The number of nitrogens with zero attached hydrogens (tertiary/aromatic N) is 1. The number of benzene rings is 2. The maximum Gasteiger partial charge on any atom is 0.262 e. The molecular formula is C22H27Cl4N3O4. The van der Waals surface area contributed by atoms with E-state index in [9.17, 15) is 9.59 Å². The molecule has 0 radical (unpaired) electrons. The summed E-state index contributed by atoms with van der Waals surface area (Å²) in [5.41, 5.74) is 0.577. The van der Waals surface area contributed by atoms with Gasteiger partial charge in [0, 0.05) is 25.2 Å². The molecule has 2 amide bonds. The summed E-state index contributed by atoms with van der Waals surface area (Å²) in [6.45, 7) is 6.90. The molecule has 2 aromatic rings. The van der Waals surface area contributed by atoms with Crippen molar-refractivity contribution in [3.05, 3.63) is 51.0 Å². The van der Waals surface area contributed by atoms with E-state index in [1.807, 2.05) is 0 Å². The lowest BCUT2D eigenvalue weighted by atomic mass is 10.1. The largest absolute Gasteiger partial charge is 0.496 e. The molecule has 11 heteroatoms. The predicted octanol–water partition coefficient (Wildman–Crippen LogP) is 5.17. The molecule has 0 aliphatic heterocycles. The van der Waals surface area contributed by atoms with E-state index in [2.05, 4.69) is 29.4 Å². The second-order valence-corrected chi connectivity index (χ2v) is 7.95. The summed E-state index contributed by atoms with van der Waals surface area (Å²) in [5.74, 6) is -0.0708. The number of anilines is 1. The summed E-state index contributed by atoms with van der Waals surface area (Å²) < 4.78 is 10.7. The summed E-state index contributed by atoms with van der Waals surface area (Å²) in [5, 5.41) is 6.42. The Morgan fingerprint density at radius 2 is 1.70 bits per heavy atom. The Labute approximate surface area is 215 Å². The molecule has 0 unspecified atom stereocenters. The van der Waals surface area contributed by atoms with Crippen LogP contribution in [-0.4, -0.2) is 56.6 Å². The molecule has 0 saturated carbocycles. The lowest BCUT2D eigenvalue weighted by Crippen LogP contribution is -2.35. The second kappa shape index (κ2) is 14.4. The first-order valence-corrected chi connectivity index (χ1v) is 11.2. The quantitative estimate of drug-likeness (QED) is 0.412. The number of carbonyl (C=O) groups is 2. The highest BCUT2D eigenvalue weighted by Gasteiger charge is 2.17. The molecule has 33 heavy (non-hydrogen) atoms. The highest BCUT2D eigenvalue weighted by atomic mass is 35.5. The van der Waals surface area contributed by atoms with Gasteiger partial charge in [-0.05, 0) is 31.3 Å². The number of hydrogen-bond donors (Lipinski definition) is 2. The van der Waals surface area contributed by atoms with Crippen molar-refractivity contribution >= 4 is 64.7 Å². The molecule has 0 aliphatic carbocycles. The third kappa shape index (κ3) is 8.76. The number of halogens is 4. The normalized spacial score (nSPS) is 10.4. The van der Waals surface area contributed by atoms with Crippen LogP contribution in [0.4, 0.5) is 5.69 Å². The Kier molecular flexibility index (Phi) is 12.7. The molecule has 0 spiro atoms. The summed E-state index contributed by atoms with van der Waals surface area (Å²) in [4.78, 5) is 27.1. The third-order valence-corrected chi connectivity index (χ3v) is 5.73. The van der Waals surface area contributed by atoms with Crippen molar-refractivity contribution in [2.24, 2.45) is 0 Å². The van der Waals surface area contributed by atoms with E-state index in [-0.39, 0.29) is 41.3 Å². The molecule has 7 nitrogen and oxygen atoms in total. The summed E-state index contributed by atoms with van der Waals surface area (Å²) in [6, 6.07) is 7.65. The van der Waals surface area contributed by atoms with E-state index in [0.29, 0.717) is 28.0 Å². The number of methoxy groups -OCH3 is 1. The van der Waals surface area contributed by atoms with Crippen molar-refractivity contribution < 1.29 is 19.1 Å². The number of likely N-dealkylation sites (N-methyl/N-ethyl adjacent to an activating group) is 1. The lowest BCUT2D eigenvalue weighted by Gasteiger charge is -2.18. The molecule has 0 aliphatic rings. The Morgan fingerprint density at radius 1 is 1.00 bits per heavy atom. The van der Waals surface area contributed by atoms with Gasteiger partial charge in [-0.25, -0.2) is 0 Å². The second-order valence-electron chi connectivity index (χ2n) is 6.73. The number of nitrogens with one attached hydrogen (secondary N) is 2. The average Bonchev–Trinajstić information content (AvgIpc) is 2.78. The Bertz CT molecular complexity index is 955. The van der Waals surface area contributed by atoms with E-state index < -0.39 is 5.91 Å². The zero-order chi connectivity index (χ0) is 23.7. The maximum atomic E-state index is 12.6. The lowest BCUT2D eigenvalue weighted by molar-refractivity contribution is -0.118. The van der Waals surface area contributed by atoms with Crippen LogP contribution in [0.3, 0.4) is 0 Å². The van der Waals surface area contributed by atoms with E-state index in [1.54, 1.807) is 12.1 Å². The van der Waals surface area contributed by atoms with Gasteiger partial charge in [0.15, 0.2) is 6.61 Å². The monoisotopic (exact) mass is 537 g/mol. The van der Waals surface area contributed by atoms with Crippen molar-refractivity contribution in [2.75, 3.05) is 45.2 Å². The molecule has 2 aromatic carbocycles. The van der Waals surface area contributed by atoms with Gasteiger partial charge in [0.25, 0.3) is 11.8 Å². The number of ether oxygens (including phenoxy) is 2. The van der Waals surface area contributed by atoms with Crippen LogP contribution in [0, 0.1) is 0 Å². The van der Waals surface area contributed by atoms with Crippen LogP contribution in [0.2, 0.25) is 15.1 Å². The predicted molar refractivity (Wildman–Crippen MR) is 136 cm³/mol. The van der Waals surface area contributed by atoms with Crippen LogP contribution in [-0.2, 0) is 4.79 Å². The average molecular weight is 539 g/mol. The van der Waals surface area contributed by atoms with Gasteiger partial charge < -0.3 is 25.0 Å². The minimum absolute atomic E-state index is 0. The number of carbonyl (C=O) groups excluding carboxylic acids is 2. The minimum Gasteiger partial charge on any atom is -0.496 e. The number of amides is 2. The van der Waals surface area contributed by atoms with Crippen LogP contribution in [0.1, 0.15) is 24.2 Å². The van der Waals surface area contributed by atoms with Gasteiger partial charge in [-0.2, -0.15) is 0 Å². The standard InChI is InChI=1S/C22H26Cl3N3O4.ClH/c1-4-28(5-2)9-8-26-22(30)15-11-18(25)19(12-20(15)31-3)27-21(29)13-32-14-6-7-16(23)17(24)10-14;/h6-7,10-12H,4-5,8-9,13H2,1-3H3,(H,26,30)(H,27,29);1H. The smallest absolute Gasteiger partial charge is 0.262 e. The maximum absolute atomic E-state index is 12.6. The van der Waals surface area contributed by atoms with Crippen molar-refractivity contribution in [1.29, 1.82) is 0 Å². The first kappa shape index (κ1) is 29.1. The molecule has 0 heterocycles. The topological polar surface area (TPSA) is 79.9 Å².